The van der Waals surface area contributed by atoms with Gasteiger partial charge in [0, 0.05) is 59.8 Å². The van der Waals surface area contributed by atoms with Crippen LogP contribution in [0.4, 0.5) is 10.5 Å². The second-order valence-corrected chi connectivity index (χ2v) is 9.81. The smallest absolute Gasteiger partial charge is 0.319 e. The van der Waals surface area contributed by atoms with Gasteiger partial charge in [-0.3, -0.25) is 14.8 Å². The zero-order chi connectivity index (χ0) is 28.3. The van der Waals surface area contributed by atoms with Crippen molar-refractivity contribution < 1.29 is 9.59 Å². The maximum Gasteiger partial charge on any atom is 0.319 e. The summed E-state index contributed by atoms with van der Waals surface area (Å²) in [4.78, 5) is 33.4. The molecule has 0 radical (unpaired) electrons. The summed E-state index contributed by atoms with van der Waals surface area (Å²) < 4.78 is 0. The topological polar surface area (TPSA) is 108 Å². The number of benzene rings is 2. The van der Waals surface area contributed by atoms with Crippen LogP contribution >= 0.6 is 0 Å². The summed E-state index contributed by atoms with van der Waals surface area (Å²) in [5.74, 6) is 6.41. The van der Waals surface area contributed by atoms with E-state index in [9.17, 15) is 9.59 Å². The van der Waals surface area contributed by atoms with Crippen LogP contribution in [0.1, 0.15) is 39.9 Å². The van der Waals surface area contributed by atoms with Crippen molar-refractivity contribution in [3.05, 3.63) is 114 Å². The summed E-state index contributed by atoms with van der Waals surface area (Å²) in [6, 6.07) is 20.6. The summed E-state index contributed by atoms with van der Waals surface area (Å²) in [5.41, 5.74) is 5.76. The molecule has 3 heterocycles. The molecule has 0 atom stereocenters. The van der Waals surface area contributed by atoms with Crippen molar-refractivity contribution in [3.63, 3.8) is 0 Å². The Balaban J connectivity index is 1.28. The van der Waals surface area contributed by atoms with E-state index in [1.807, 2.05) is 54.6 Å². The van der Waals surface area contributed by atoms with Crippen LogP contribution in [0.5, 0.6) is 0 Å². The number of rotatable bonds is 7. The van der Waals surface area contributed by atoms with E-state index in [1.165, 1.54) is 0 Å². The Morgan fingerprint density at radius 3 is 2.46 bits per heavy atom. The Hall–Kier alpha value is -5.00. The van der Waals surface area contributed by atoms with Crippen LogP contribution in [0.3, 0.4) is 0 Å². The molecular weight excluding hydrogens is 512 g/mol. The molecule has 4 aromatic rings. The van der Waals surface area contributed by atoms with Crippen molar-refractivity contribution in [3.8, 4) is 23.0 Å². The lowest BCUT2D eigenvalue weighted by molar-refractivity contribution is 0.0929. The molecule has 8 nitrogen and oxygen atoms in total. The molecule has 1 saturated heterocycles. The molecule has 4 N–H and O–H groups in total. The fourth-order valence-corrected chi connectivity index (χ4v) is 4.63. The van der Waals surface area contributed by atoms with Crippen LogP contribution in [0.2, 0.25) is 0 Å². The first-order chi connectivity index (χ1) is 20.1. The first kappa shape index (κ1) is 27.6. The van der Waals surface area contributed by atoms with E-state index in [0.717, 1.165) is 53.7 Å². The molecule has 1 aliphatic heterocycles. The molecule has 1 fully saturated rings. The number of nitrogens with zero attached hydrogens (tertiary/aromatic N) is 2. The van der Waals surface area contributed by atoms with E-state index in [-0.39, 0.29) is 18.0 Å². The molecule has 0 unspecified atom stereocenters. The largest absolute Gasteiger partial charge is 0.349 e. The van der Waals surface area contributed by atoms with Gasteiger partial charge >= 0.3 is 6.03 Å². The highest BCUT2D eigenvalue weighted by molar-refractivity contribution is 5.94. The van der Waals surface area contributed by atoms with Crippen molar-refractivity contribution >= 4 is 17.6 Å². The molecule has 0 spiro atoms. The molecule has 2 aromatic carbocycles. The van der Waals surface area contributed by atoms with Gasteiger partial charge in [0.1, 0.15) is 0 Å². The first-order valence-electron chi connectivity index (χ1n) is 13.8. The third-order valence-electron chi connectivity index (χ3n) is 6.85. The fraction of sp³-hybridized carbons (Fsp3) is 0.212. The van der Waals surface area contributed by atoms with Crippen molar-refractivity contribution in [1.29, 1.82) is 0 Å². The van der Waals surface area contributed by atoms with E-state index in [0.29, 0.717) is 24.2 Å². The number of urea groups is 1. The van der Waals surface area contributed by atoms with Crippen LogP contribution in [0.25, 0.3) is 11.1 Å². The molecule has 0 bridgehead atoms. The molecule has 2 aromatic heterocycles. The van der Waals surface area contributed by atoms with Gasteiger partial charge in [-0.1, -0.05) is 24.0 Å². The summed E-state index contributed by atoms with van der Waals surface area (Å²) in [5, 5.41) is 12.2. The van der Waals surface area contributed by atoms with Crippen molar-refractivity contribution in [1.82, 2.24) is 25.9 Å². The van der Waals surface area contributed by atoms with E-state index < -0.39 is 0 Å². The highest BCUT2D eigenvalue weighted by Gasteiger charge is 2.16. The van der Waals surface area contributed by atoms with E-state index in [2.05, 4.69) is 43.1 Å². The van der Waals surface area contributed by atoms with Gasteiger partial charge in [0.2, 0.25) is 0 Å². The average Bonchev–Trinajstić information content (AvgIpc) is 3.02. The second kappa shape index (κ2) is 13.9. The summed E-state index contributed by atoms with van der Waals surface area (Å²) in [7, 11) is 0. The number of nitrogens with one attached hydrogen (secondary N) is 4. The number of carbonyl (C=O) groups excluding carboxylic acids is 2. The maximum atomic E-state index is 12.7. The predicted molar refractivity (Wildman–Crippen MR) is 160 cm³/mol. The van der Waals surface area contributed by atoms with Gasteiger partial charge in [-0.2, -0.15) is 0 Å². The standard InChI is InChI=1S/C33H32N6O2/c40-32(38-29-14-19-35-20-15-29)27-6-3-24(4-7-27)5-8-28-22-30(9-10-31(28)26-12-17-34-18-13-26)39-33(41)37-21-11-25-2-1-16-36-23-25/h1-4,6-7,9-10,12-13,16-18,22-23,29,35H,11,14-15,19-21H2,(H,38,40)(H2,37,39,41). The van der Waals surface area contributed by atoms with Gasteiger partial charge in [0.25, 0.3) is 5.91 Å². The van der Waals surface area contributed by atoms with Crippen LogP contribution in [-0.2, 0) is 6.42 Å². The minimum Gasteiger partial charge on any atom is -0.349 e. The monoisotopic (exact) mass is 544 g/mol. The third kappa shape index (κ3) is 8.01. The Bertz CT molecular complexity index is 1520. The third-order valence-corrected chi connectivity index (χ3v) is 6.85. The van der Waals surface area contributed by atoms with Crippen LogP contribution in [0, 0.1) is 11.8 Å². The van der Waals surface area contributed by atoms with E-state index in [1.54, 1.807) is 36.9 Å². The Kier molecular flexibility index (Phi) is 9.33. The fourth-order valence-electron chi connectivity index (χ4n) is 4.63. The molecule has 206 valence electrons. The van der Waals surface area contributed by atoms with Gasteiger partial charge in [-0.25, -0.2) is 4.79 Å². The number of amides is 3. The summed E-state index contributed by atoms with van der Waals surface area (Å²) in [6.07, 6.45) is 9.57. The Morgan fingerprint density at radius 2 is 1.71 bits per heavy atom. The quantitative estimate of drug-likeness (QED) is 0.258. The van der Waals surface area contributed by atoms with Gasteiger partial charge in [0.05, 0.1) is 0 Å². The molecular formula is C33H32N6O2. The second-order valence-electron chi connectivity index (χ2n) is 9.81. The number of anilines is 1. The predicted octanol–water partition coefficient (Wildman–Crippen LogP) is 4.39. The molecule has 0 aliphatic carbocycles. The van der Waals surface area contributed by atoms with Crippen molar-refractivity contribution in [2.75, 3.05) is 25.0 Å². The SMILES string of the molecule is O=C(NCCc1cccnc1)Nc1ccc(-c2ccncc2)c(C#Cc2ccc(C(=O)NC3CCNCC3)cc2)c1. The lowest BCUT2D eigenvalue weighted by Gasteiger charge is -2.23. The zero-order valence-electron chi connectivity index (χ0n) is 22.7. The highest BCUT2D eigenvalue weighted by Crippen LogP contribution is 2.26. The number of carbonyl (C=O) groups is 2. The number of pyridine rings is 2. The van der Waals surface area contributed by atoms with Crippen LogP contribution in [0.15, 0.2) is 91.5 Å². The molecule has 3 amide bonds. The van der Waals surface area contributed by atoms with Crippen molar-refractivity contribution in [2.24, 2.45) is 0 Å². The summed E-state index contributed by atoms with van der Waals surface area (Å²) >= 11 is 0. The normalized spacial score (nSPS) is 13.0. The highest BCUT2D eigenvalue weighted by atomic mass is 16.2. The van der Waals surface area contributed by atoms with Gasteiger partial charge in [-0.05, 0) is 104 Å². The average molecular weight is 545 g/mol. The summed E-state index contributed by atoms with van der Waals surface area (Å²) in [6.45, 7) is 2.34. The van der Waals surface area contributed by atoms with Crippen LogP contribution < -0.4 is 21.3 Å². The van der Waals surface area contributed by atoms with E-state index in [4.69, 9.17) is 0 Å². The van der Waals surface area contributed by atoms with E-state index >= 15 is 0 Å². The molecule has 0 saturated carbocycles. The zero-order valence-corrected chi connectivity index (χ0v) is 22.7. The van der Waals surface area contributed by atoms with Crippen molar-refractivity contribution in [2.45, 2.75) is 25.3 Å². The molecule has 8 heteroatoms. The maximum absolute atomic E-state index is 12.7. The minimum absolute atomic E-state index is 0.0612. The van der Waals surface area contributed by atoms with Crippen LogP contribution in [-0.4, -0.2) is 47.6 Å². The number of hydrogen-bond acceptors (Lipinski definition) is 5. The first-order valence-corrected chi connectivity index (χ1v) is 13.8. The number of hydrogen-bond donors (Lipinski definition) is 4. The minimum atomic E-state index is -0.289. The molecule has 41 heavy (non-hydrogen) atoms. The Morgan fingerprint density at radius 1 is 0.902 bits per heavy atom. The lowest BCUT2D eigenvalue weighted by Crippen LogP contribution is -2.42. The van der Waals surface area contributed by atoms with Gasteiger partial charge in [0.15, 0.2) is 0 Å². The number of aromatic nitrogens is 2. The molecule has 1 aliphatic rings. The van der Waals surface area contributed by atoms with Gasteiger partial charge < -0.3 is 21.3 Å². The molecule has 5 rings (SSSR count). The number of piperidine rings is 1. The Labute approximate surface area is 240 Å². The van der Waals surface area contributed by atoms with Gasteiger partial charge in [-0.15, -0.1) is 0 Å². The lowest BCUT2D eigenvalue weighted by atomic mass is 9.99.